The van der Waals surface area contributed by atoms with Crippen LogP contribution in [0.4, 0.5) is 10.5 Å². The van der Waals surface area contributed by atoms with E-state index in [1.165, 1.54) is 7.11 Å². The molecule has 1 N–H and O–H groups in total. The summed E-state index contributed by atoms with van der Waals surface area (Å²) < 4.78 is 12.7. The fourth-order valence-corrected chi connectivity index (χ4v) is 6.72. The molecule has 6 rings (SSSR count). The number of nitrogens with one attached hydrogen (secondary N) is 1. The maximum Gasteiger partial charge on any atom is 0.335 e. The number of fused-ring (bicyclic) bond motifs is 4. The smallest absolute Gasteiger partial charge is 0.335 e. The van der Waals surface area contributed by atoms with E-state index in [-0.39, 0.29) is 30.4 Å². The molecule has 4 heterocycles. The Balaban J connectivity index is 1.36. The van der Waals surface area contributed by atoms with E-state index in [2.05, 4.69) is 10.2 Å². The number of likely N-dealkylation sites (tertiary alicyclic amines) is 1. The first kappa shape index (κ1) is 27.7. The number of rotatable bonds is 8. The predicted molar refractivity (Wildman–Crippen MR) is 156 cm³/mol. The number of carbonyl (C=O) groups is 3. The van der Waals surface area contributed by atoms with E-state index in [1.807, 2.05) is 41.8 Å². The van der Waals surface area contributed by atoms with Gasteiger partial charge in [0.05, 0.1) is 19.4 Å². The Labute approximate surface area is 243 Å². The zero-order valence-corrected chi connectivity index (χ0v) is 23.7. The number of piperidine rings is 1. The lowest BCUT2D eigenvalue weighted by molar-refractivity contribution is -0.144. The number of hydrogen-bond acceptors (Lipinski definition) is 7. The van der Waals surface area contributed by atoms with Gasteiger partial charge in [-0.25, -0.2) is 9.69 Å². The molecule has 0 aliphatic carbocycles. The number of imide groups is 2. The van der Waals surface area contributed by atoms with Crippen LogP contribution in [-0.4, -0.2) is 60.7 Å². The number of benzene rings is 2. The molecule has 4 amide bonds. The highest BCUT2D eigenvalue weighted by molar-refractivity contribution is 6.30. The fourth-order valence-electron chi connectivity index (χ4n) is 6.72. The number of methoxy groups -OCH3 is 1. The van der Waals surface area contributed by atoms with E-state index in [9.17, 15) is 19.2 Å². The molecule has 2 fully saturated rings. The van der Waals surface area contributed by atoms with E-state index in [4.69, 9.17) is 9.47 Å². The van der Waals surface area contributed by atoms with E-state index < -0.39 is 23.3 Å². The van der Waals surface area contributed by atoms with Gasteiger partial charge in [-0.2, -0.15) is 0 Å². The summed E-state index contributed by atoms with van der Waals surface area (Å²) in [7, 11) is 1.54. The average molecular weight is 571 g/mol. The van der Waals surface area contributed by atoms with E-state index >= 15 is 0 Å². The fraction of sp³-hybridized carbons (Fsp3) is 0.375. The molecule has 3 atom stereocenters. The highest BCUT2D eigenvalue weighted by Gasteiger charge is 2.55. The Hall–Kier alpha value is -4.44. The maximum absolute atomic E-state index is 14.5. The van der Waals surface area contributed by atoms with Crippen LogP contribution in [0, 0.1) is 11.3 Å². The minimum atomic E-state index is -1.57. The molecular weight excluding hydrogens is 536 g/mol. The molecule has 218 valence electrons. The zero-order valence-electron chi connectivity index (χ0n) is 23.7. The number of carbonyl (C=O) groups excluding carboxylic acids is 3. The molecule has 3 aromatic rings. The number of hydrogen-bond donors (Lipinski definition) is 1. The Morgan fingerprint density at radius 3 is 2.36 bits per heavy atom. The molecular formula is C32H34N4O6. The summed E-state index contributed by atoms with van der Waals surface area (Å²) in [6, 6.07) is 18.6. The summed E-state index contributed by atoms with van der Waals surface area (Å²) in [6.07, 6.45) is 1.05. The van der Waals surface area contributed by atoms with Crippen molar-refractivity contribution < 1.29 is 23.9 Å². The molecule has 1 unspecified atom stereocenters. The Kier molecular flexibility index (Phi) is 7.32. The second-order valence-corrected chi connectivity index (χ2v) is 11.3. The van der Waals surface area contributed by atoms with Crippen molar-refractivity contribution >= 4 is 23.5 Å². The standard InChI is InChI=1S/C32H34N4O6/c1-3-42-26-11-7-21(8-12-26)16-32(20-34-17-22-15-23(19-34)27-5-4-6-28(37)35(27)18-22)29(38)33-31(40)36(30(32)39)24-9-13-25(41-2)14-10-24/h4-14,22-23H,3,15-20H2,1-2H3,(H,33,38,40)/t22-,23-,32?/m1/s1. The van der Waals surface area contributed by atoms with Crippen molar-refractivity contribution in [3.8, 4) is 11.5 Å². The first-order chi connectivity index (χ1) is 20.3. The van der Waals surface area contributed by atoms with E-state index in [0.29, 0.717) is 43.4 Å². The summed E-state index contributed by atoms with van der Waals surface area (Å²) in [6.45, 7) is 4.40. The van der Waals surface area contributed by atoms with Crippen LogP contribution in [0.15, 0.2) is 71.5 Å². The second kappa shape index (κ2) is 11.1. The summed E-state index contributed by atoms with van der Waals surface area (Å²) in [4.78, 5) is 57.2. The molecule has 0 spiro atoms. The normalized spacial score (nSPS) is 23.8. The van der Waals surface area contributed by atoms with Gasteiger partial charge in [0.15, 0.2) is 0 Å². The average Bonchev–Trinajstić information content (AvgIpc) is 2.98. The van der Waals surface area contributed by atoms with Gasteiger partial charge >= 0.3 is 6.03 Å². The van der Waals surface area contributed by atoms with Crippen molar-refractivity contribution in [3.63, 3.8) is 0 Å². The first-order valence-electron chi connectivity index (χ1n) is 14.3. The largest absolute Gasteiger partial charge is 0.497 e. The van der Waals surface area contributed by atoms with Crippen molar-refractivity contribution in [3.05, 3.63) is 88.3 Å². The number of nitrogens with zero attached hydrogens (tertiary/aromatic N) is 3. The molecule has 42 heavy (non-hydrogen) atoms. The van der Waals surface area contributed by atoms with Crippen molar-refractivity contribution in [1.82, 2.24) is 14.8 Å². The van der Waals surface area contributed by atoms with E-state index in [1.54, 1.807) is 36.4 Å². The Morgan fingerprint density at radius 1 is 0.905 bits per heavy atom. The lowest BCUT2D eigenvalue weighted by Gasteiger charge is -2.47. The second-order valence-electron chi connectivity index (χ2n) is 11.3. The number of amides is 4. The van der Waals surface area contributed by atoms with Gasteiger partial charge < -0.3 is 18.9 Å². The van der Waals surface area contributed by atoms with Crippen LogP contribution in [0.5, 0.6) is 11.5 Å². The third kappa shape index (κ3) is 4.96. The van der Waals surface area contributed by atoms with Gasteiger partial charge in [0, 0.05) is 43.9 Å². The number of urea groups is 1. The van der Waals surface area contributed by atoms with Crippen LogP contribution in [0.3, 0.4) is 0 Å². The van der Waals surface area contributed by atoms with Crippen LogP contribution < -0.4 is 25.2 Å². The SMILES string of the molecule is CCOc1ccc(CC2(CN3C[C@H]4C[C@H](C3)c3cccc(=O)n3C4)C(=O)NC(=O)N(c3ccc(OC)cc3)C2=O)cc1. The maximum atomic E-state index is 14.5. The molecule has 10 nitrogen and oxygen atoms in total. The summed E-state index contributed by atoms with van der Waals surface area (Å²) >= 11 is 0. The minimum absolute atomic E-state index is 0.00176. The molecule has 2 aromatic carbocycles. The predicted octanol–water partition coefficient (Wildman–Crippen LogP) is 3.19. The summed E-state index contributed by atoms with van der Waals surface area (Å²) in [5.41, 5.74) is 0.547. The molecule has 3 aliphatic heterocycles. The molecule has 2 saturated heterocycles. The third-order valence-corrected chi connectivity index (χ3v) is 8.59. The number of ether oxygens (including phenoxy) is 2. The number of barbiturate groups is 1. The van der Waals surface area contributed by atoms with Crippen molar-refractivity contribution in [2.45, 2.75) is 32.2 Å². The zero-order chi connectivity index (χ0) is 29.4. The third-order valence-electron chi connectivity index (χ3n) is 8.59. The number of anilines is 1. The molecule has 2 bridgehead atoms. The Morgan fingerprint density at radius 2 is 1.64 bits per heavy atom. The number of aromatic nitrogens is 1. The molecule has 0 radical (unpaired) electrons. The minimum Gasteiger partial charge on any atom is -0.497 e. The van der Waals surface area contributed by atoms with Gasteiger partial charge in [-0.1, -0.05) is 18.2 Å². The topological polar surface area (TPSA) is 110 Å². The van der Waals surface area contributed by atoms with Crippen molar-refractivity contribution in [2.24, 2.45) is 11.3 Å². The van der Waals surface area contributed by atoms with Crippen molar-refractivity contribution in [1.29, 1.82) is 0 Å². The van der Waals surface area contributed by atoms with E-state index in [0.717, 1.165) is 22.6 Å². The highest BCUT2D eigenvalue weighted by atomic mass is 16.5. The van der Waals surface area contributed by atoms with Crippen LogP contribution in [0.1, 0.15) is 30.5 Å². The van der Waals surface area contributed by atoms with Gasteiger partial charge in [0.1, 0.15) is 16.9 Å². The van der Waals surface area contributed by atoms with Crippen LogP contribution in [0.25, 0.3) is 0 Å². The van der Waals surface area contributed by atoms with Gasteiger partial charge in [-0.3, -0.25) is 19.7 Å². The van der Waals surface area contributed by atoms with Crippen LogP contribution in [-0.2, 0) is 22.6 Å². The molecule has 0 saturated carbocycles. The van der Waals surface area contributed by atoms with Gasteiger partial charge in [0.2, 0.25) is 5.91 Å². The highest BCUT2D eigenvalue weighted by Crippen LogP contribution is 2.39. The van der Waals surface area contributed by atoms with Gasteiger partial charge in [0.25, 0.3) is 11.5 Å². The van der Waals surface area contributed by atoms with Gasteiger partial charge in [-0.15, -0.1) is 0 Å². The molecule has 10 heteroatoms. The van der Waals surface area contributed by atoms with Crippen molar-refractivity contribution in [2.75, 3.05) is 38.3 Å². The lowest BCUT2D eigenvalue weighted by atomic mass is 9.75. The summed E-state index contributed by atoms with van der Waals surface area (Å²) in [5, 5.41) is 2.49. The molecule has 3 aliphatic rings. The monoisotopic (exact) mass is 570 g/mol. The lowest BCUT2D eigenvalue weighted by Crippen LogP contribution is -2.68. The Bertz CT molecular complexity index is 1570. The molecule has 1 aromatic heterocycles. The van der Waals surface area contributed by atoms with Crippen LogP contribution in [0.2, 0.25) is 0 Å². The van der Waals surface area contributed by atoms with Crippen LogP contribution >= 0.6 is 0 Å². The quantitative estimate of drug-likeness (QED) is 0.414. The summed E-state index contributed by atoms with van der Waals surface area (Å²) in [5.74, 6) is 0.420. The first-order valence-corrected chi connectivity index (χ1v) is 14.3. The van der Waals surface area contributed by atoms with Gasteiger partial charge in [-0.05, 0) is 73.7 Å². The number of pyridine rings is 1.